The van der Waals surface area contributed by atoms with E-state index in [9.17, 15) is 29.2 Å². The number of amides is 3. The van der Waals surface area contributed by atoms with E-state index in [0.717, 1.165) is 16.2 Å². The molecule has 1 aromatic heterocycles. The minimum absolute atomic E-state index is 0.0649. The van der Waals surface area contributed by atoms with Crippen LogP contribution in [0.25, 0.3) is 0 Å². The Morgan fingerprint density at radius 2 is 2.24 bits per heavy atom. The van der Waals surface area contributed by atoms with Crippen LogP contribution in [0.2, 0.25) is 0 Å². The first-order chi connectivity index (χ1) is 16.3. The molecule has 3 aliphatic heterocycles. The molecule has 0 radical (unpaired) electrons. The molecule has 1 aromatic rings. The summed E-state index contributed by atoms with van der Waals surface area (Å²) < 4.78 is 0. The third kappa shape index (κ3) is 4.03. The number of anilines is 1. The van der Waals surface area contributed by atoms with E-state index in [-0.39, 0.29) is 34.7 Å². The fourth-order valence-electron chi connectivity index (χ4n) is 3.92. The van der Waals surface area contributed by atoms with Crippen LogP contribution in [0.1, 0.15) is 18.2 Å². The number of thioether (sulfide) groups is 1. The van der Waals surface area contributed by atoms with Gasteiger partial charge in [0.1, 0.15) is 17.1 Å². The van der Waals surface area contributed by atoms with Crippen LogP contribution in [-0.2, 0) is 19.2 Å². The molecule has 1 unspecified atom stereocenters. The van der Waals surface area contributed by atoms with Crippen LogP contribution in [0, 0.1) is 17.3 Å². The molecule has 3 atom stereocenters. The number of nitrogen functional groups attached to an aromatic ring is 1. The summed E-state index contributed by atoms with van der Waals surface area (Å²) in [6.45, 7) is 0.599. The average molecular weight is 503 g/mol. The molecule has 0 spiro atoms. The van der Waals surface area contributed by atoms with Gasteiger partial charge in [0.15, 0.2) is 5.13 Å². The molecule has 0 saturated carbocycles. The average Bonchev–Trinajstić information content (AvgIpc) is 3.38. The molecule has 0 aliphatic carbocycles. The molecule has 0 aromatic carbocycles. The fraction of sp³-hybridized carbons (Fsp3) is 0.350. The molecule has 2 fully saturated rings. The number of β-lactam (4-membered cyclic amide) rings is 1. The number of carboxylic acids is 1. The predicted molar refractivity (Wildman–Crippen MR) is 123 cm³/mol. The smallest absolute Gasteiger partial charge is 0.352 e. The quantitative estimate of drug-likeness (QED) is 0.201. The fourth-order valence-corrected chi connectivity index (χ4v) is 5.81. The van der Waals surface area contributed by atoms with Crippen LogP contribution in [0.15, 0.2) is 33.5 Å². The first-order valence-electron chi connectivity index (χ1n) is 9.95. The number of nitrogens with zero attached hydrogens (tertiary/aromatic N) is 4. The molecule has 3 amide bonds. The van der Waals surface area contributed by atoms with Crippen LogP contribution in [0.3, 0.4) is 0 Å². The number of nitrogens with two attached hydrogens (primary N) is 1. The van der Waals surface area contributed by atoms with E-state index in [4.69, 9.17) is 12.2 Å². The normalized spacial score (nSPS) is 23.9. The number of aliphatic carboxylic acids is 1. The number of rotatable bonds is 7. The first kappa shape index (κ1) is 23.5. The summed E-state index contributed by atoms with van der Waals surface area (Å²) in [5.74, 6) is -0.466. The summed E-state index contributed by atoms with van der Waals surface area (Å²) in [6, 6.07) is -2.53. The first-order valence-corrected chi connectivity index (χ1v) is 11.9. The number of thiazole rings is 1. The minimum atomic E-state index is -1.49. The lowest BCUT2D eigenvalue weighted by atomic mass is 10.0. The monoisotopic (exact) mass is 502 g/mol. The number of carbonyl (C=O) groups excluding carboxylic acids is 3. The van der Waals surface area contributed by atoms with Crippen molar-refractivity contribution in [2.75, 3.05) is 24.6 Å². The van der Waals surface area contributed by atoms with Crippen LogP contribution < -0.4 is 11.1 Å². The zero-order chi connectivity index (χ0) is 24.6. The lowest BCUT2D eigenvalue weighted by Crippen LogP contribution is -2.70. The highest BCUT2D eigenvalue weighted by Crippen LogP contribution is 2.41. The third-order valence-corrected chi connectivity index (χ3v) is 7.51. The maximum atomic E-state index is 12.8. The highest BCUT2D eigenvalue weighted by Gasteiger charge is 2.54. The highest BCUT2D eigenvalue weighted by molar-refractivity contribution is 8.00. The molecule has 12 nitrogen and oxygen atoms in total. The van der Waals surface area contributed by atoms with Crippen LogP contribution in [0.5, 0.6) is 0 Å². The minimum Gasteiger partial charge on any atom is -0.477 e. The maximum Gasteiger partial charge on any atom is 0.352 e. The van der Waals surface area contributed by atoms with Gasteiger partial charge < -0.3 is 21.1 Å². The predicted octanol–water partition coefficient (Wildman–Crippen LogP) is 0.0633. The van der Waals surface area contributed by atoms with E-state index in [2.05, 4.69) is 21.4 Å². The number of carboxylic acid groups (broad SMARTS) is 1. The number of allylic oxidation sites excluding steroid dienone is 1. The van der Waals surface area contributed by atoms with Gasteiger partial charge in [0.05, 0.1) is 12.2 Å². The molecular weight excluding hydrogens is 484 g/mol. The summed E-state index contributed by atoms with van der Waals surface area (Å²) in [7, 11) is 0. The van der Waals surface area contributed by atoms with Crippen molar-refractivity contribution in [2.45, 2.75) is 23.9 Å². The largest absolute Gasteiger partial charge is 0.477 e. The number of nitroso groups, excluding NO2 is 1. The lowest BCUT2D eigenvalue weighted by molar-refractivity contribution is -0.150. The number of aromatic nitrogens is 1. The van der Waals surface area contributed by atoms with Crippen molar-refractivity contribution in [1.82, 2.24) is 20.1 Å². The highest BCUT2D eigenvalue weighted by atomic mass is 32.2. The van der Waals surface area contributed by atoms with Crippen LogP contribution in [0.4, 0.5) is 5.13 Å². The zero-order valence-corrected chi connectivity index (χ0v) is 19.1. The Balaban J connectivity index is 1.53. The van der Waals surface area contributed by atoms with Crippen molar-refractivity contribution in [3.8, 4) is 12.3 Å². The third-order valence-electron chi connectivity index (χ3n) is 5.52. The molecule has 3 aliphatic rings. The Labute approximate surface area is 201 Å². The van der Waals surface area contributed by atoms with Crippen molar-refractivity contribution in [3.63, 3.8) is 0 Å². The number of hydrogen-bond acceptors (Lipinski definition) is 10. The number of terminal acetylenes is 1. The van der Waals surface area contributed by atoms with Gasteiger partial charge in [-0.15, -0.1) is 34.4 Å². The number of hydrogen-bond donors (Lipinski definition) is 3. The molecule has 4 rings (SSSR count). The van der Waals surface area contributed by atoms with Crippen molar-refractivity contribution in [1.29, 1.82) is 0 Å². The van der Waals surface area contributed by atoms with Gasteiger partial charge in [-0.25, -0.2) is 9.78 Å². The van der Waals surface area contributed by atoms with E-state index in [1.807, 2.05) is 0 Å². The van der Waals surface area contributed by atoms with Gasteiger partial charge >= 0.3 is 5.97 Å². The van der Waals surface area contributed by atoms with Crippen LogP contribution >= 0.6 is 23.1 Å². The van der Waals surface area contributed by atoms with Gasteiger partial charge in [0.2, 0.25) is 6.04 Å². The van der Waals surface area contributed by atoms with Gasteiger partial charge in [-0.3, -0.25) is 19.3 Å². The Morgan fingerprint density at radius 3 is 2.85 bits per heavy atom. The van der Waals surface area contributed by atoms with E-state index in [1.54, 1.807) is 0 Å². The summed E-state index contributed by atoms with van der Waals surface area (Å²) in [5, 5.41) is 15.9. The van der Waals surface area contributed by atoms with Crippen molar-refractivity contribution in [2.24, 2.45) is 5.18 Å². The van der Waals surface area contributed by atoms with E-state index in [1.165, 1.54) is 28.1 Å². The van der Waals surface area contributed by atoms with Gasteiger partial charge in [-0.05, 0) is 23.2 Å². The molecule has 4 heterocycles. The second kappa shape index (κ2) is 9.27. The summed E-state index contributed by atoms with van der Waals surface area (Å²) in [5.41, 5.74) is 6.10. The Kier molecular flexibility index (Phi) is 6.40. The van der Waals surface area contributed by atoms with E-state index < -0.39 is 35.2 Å². The molecule has 0 bridgehead atoms. The van der Waals surface area contributed by atoms with Crippen molar-refractivity contribution >= 4 is 51.9 Å². The van der Waals surface area contributed by atoms with E-state index in [0.29, 0.717) is 24.1 Å². The summed E-state index contributed by atoms with van der Waals surface area (Å²) in [6.07, 6.45) is 7.19. The van der Waals surface area contributed by atoms with Gasteiger partial charge in [-0.1, -0.05) is 5.92 Å². The Bertz CT molecular complexity index is 1200. The van der Waals surface area contributed by atoms with Gasteiger partial charge in [0.25, 0.3) is 17.7 Å². The zero-order valence-electron chi connectivity index (χ0n) is 17.5. The van der Waals surface area contributed by atoms with E-state index >= 15 is 0 Å². The van der Waals surface area contributed by atoms with Crippen molar-refractivity contribution in [3.05, 3.63) is 38.9 Å². The SMILES string of the molecule is C#CCN1CCC(=CC2=C(C(=O)O)N3C(=O)[C@@H](NC(=O)C(N=O)c4csc(N)n4)[C@H]3SC2)C1=O. The standard InChI is InChI=1S/C20H18N6O6S2/c1-2-4-25-5-3-9(16(25)28)6-10-7-33-18-13(17(29)26(18)14(10)19(30)31)23-15(27)12(24-32)11-8-34-20(21)22-11/h1,6,8,12-13,18H,3-5,7H2,(H2,21,22)(H,23,27)(H,30,31)/t12?,13-,18-/m1/s1. The topological polar surface area (TPSA) is 175 Å². The molecule has 4 N–H and O–H groups in total. The lowest BCUT2D eigenvalue weighted by Gasteiger charge is -2.49. The second-order valence-electron chi connectivity index (χ2n) is 7.54. The molecule has 2 saturated heterocycles. The molecule has 176 valence electrons. The summed E-state index contributed by atoms with van der Waals surface area (Å²) >= 11 is 2.27. The maximum absolute atomic E-state index is 12.8. The van der Waals surface area contributed by atoms with Crippen LogP contribution in [-0.4, -0.2) is 73.8 Å². The number of likely N-dealkylation sites (tertiary alicyclic amines) is 1. The second-order valence-corrected chi connectivity index (χ2v) is 9.54. The molecule has 14 heteroatoms. The number of carbonyl (C=O) groups is 4. The van der Waals surface area contributed by atoms with Crippen molar-refractivity contribution < 1.29 is 24.3 Å². The number of fused-ring (bicyclic) bond motifs is 1. The molecular formula is C20H18N6O6S2. The summed E-state index contributed by atoms with van der Waals surface area (Å²) in [4.78, 5) is 67.6. The van der Waals surface area contributed by atoms with Gasteiger partial charge in [0, 0.05) is 23.3 Å². The Morgan fingerprint density at radius 1 is 1.47 bits per heavy atom. The number of nitrogens with one attached hydrogen (secondary N) is 1. The Hall–Kier alpha value is -3.70. The molecule has 34 heavy (non-hydrogen) atoms. The van der Waals surface area contributed by atoms with Gasteiger partial charge in [-0.2, -0.15) is 0 Å².